The molecule has 31 heavy (non-hydrogen) atoms. The molecule has 1 saturated carbocycles. The summed E-state index contributed by atoms with van der Waals surface area (Å²) in [4.78, 5) is 17.1. The maximum absolute atomic E-state index is 12.6. The molecule has 162 valence electrons. The van der Waals surface area contributed by atoms with Crippen molar-refractivity contribution in [2.75, 3.05) is 13.7 Å². The van der Waals surface area contributed by atoms with Crippen LogP contribution in [0.3, 0.4) is 0 Å². The third-order valence-corrected chi connectivity index (χ3v) is 6.48. The van der Waals surface area contributed by atoms with Crippen molar-refractivity contribution in [3.05, 3.63) is 53.9 Å². The van der Waals surface area contributed by atoms with E-state index >= 15 is 0 Å². The highest BCUT2D eigenvalue weighted by atomic mass is 16.5. The van der Waals surface area contributed by atoms with Gasteiger partial charge in [-0.15, -0.1) is 0 Å². The number of oxazole rings is 1. The lowest BCUT2D eigenvalue weighted by molar-refractivity contribution is -0.127. The highest BCUT2D eigenvalue weighted by Crippen LogP contribution is 2.37. The molecule has 0 radical (unpaired) electrons. The number of carbonyl (C=O) groups excluding carboxylic acids is 1. The van der Waals surface area contributed by atoms with Crippen LogP contribution in [0, 0.1) is 5.92 Å². The molecule has 1 saturated heterocycles. The molecule has 2 fully saturated rings. The molecule has 2 aliphatic rings. The van der Waals surface area contributed by atoms with Crippen molar-refractivity contribution in [3.63, 3.8) is 0 Å². The number of amides is 1. The first-order valence-electron chi connectivity index (χ1n) is 11.2. The molecule has 1 aliphatic heterocycles. The van der Waals surface area contributed by atoms with Crippen LogP contribution in [-0.2, 0) is 11.2 Å². The van der Waals surface area contributed by atoms with Gasteiger partial charge in [0.25, 0.3) is 0 Å². The summed E-state index contributed by atoms with van der Waals surface area (Å²) >= 11 is 0. The Balaban J connectivity index is 1.33. The van der Waals surface area contributed by atoms with Gasteiger partial charge in [-0.2, -0.15) is 0 Å². The summed E-state index contributed by atoms with van der Waals surface area (Å²) in [5, 5.41) is 3.08. The third kappa shape index (κ3) is 4.24. The molecule has 1 aliphatic carbocycles. The number of methoxy groups -OCH3 is 1. The van der Waals surface area contributed by atoms with Crippen molar-refractivity contribution < 1.29 is 18.7 Å². The Labute approximate surface area is 181 Å². The predicted molar refractivity (Wildman–Crippen MR) is 117 cm³/mol. The van der Waals surface area contributed by atoms with Gasteiger partial charge >= 0.3 is 0 Å². The maximum Gasteiger partial charge on any atom is 0.223 e. The zero-order valence-electron chi connectivity index (χ0n) is 17.8. The molecule has 1 N–H and O–H groups in total. The van der Waals surface area contributed by atoms with Crippen LogP contribution < -0.4 is 14.8 Å². The molecule has 6 heteroatoms. The van der Waals surface area contributed by atoms with E-state index in [2.05, 4.69) is 22.4 Å². The number of hydrogen-bond donors (Lipinski definition) is 1. The number of fused-ring (bicyclic) bond motifs is 1. The van der Waals surface area contributed by atoms with Gasteiger partial charge < -0.3 is 19.2 Å². The standard InChI is InChI=1S/C25H28N2O4/c1-29-22-11-10-16(13-23(22)30-19-6-2-3-7-19)18-12-17(25(28)26-15-18)14-24-27-20-8-4-5-9-21(20)31-24/h4-5,8-11,13,17-19H,2-3,6-7,12,14-15H2,1H3,(H,26,28)/t17-,18+/m0/s1. The van der Waals surface area contributed by atoms with Crippen LogP contribution in [0.15, 0.2) is 46.9 Å². The Morgan fingerprint density at radius 1 is 1.13 bits per heavy atom. The van der Waals surface area contributed by atoms with E-state index < -0.39 is 0 Å². The Morgan fingerprint density at radius 3 is 2.77 bits per heavy atom. The Kier molecular flexibility index (Phi) is 5.53. The largest absolute Gasteiger partial charge is 0.493 e. The number of carbonyl (C=O) groups is 1. The van der Waals surface area contributed by atoms with Crippen molar-refractivity contribution in [1.82, 2.24) is 10.3 Å². The van der Waals surface area contributed by atoms with Gasteiger partial charge in [0.15, 0.2) is 23.0 Å². The average molecular weight is 421 g/mol. The van der Waals surface area contributed by atoms with Crippen LogP contribution in [0.25, 0.3) is 11.1 Å². The van der Waals surface area contributed by atoms with E-state index in [1.807, 2.05) is 30.3 Å². The minimum atomic E-state index is -0.173. The van der Waals surface area contributed by atoms with Gasteiger partial charge in [0.05, 0.1) is 13.2 Å². The average Bonchev–Trinajstić information content (AvgIpc) is 3.44. The summed E-state index contributed by atoms with van der Waals surface area (Å²) in [6.45, 7) is 0.623. The van der Waals surface area contributed by atoms with Gasteiger partial charge in [-0.3, -0.25) is 4.79 Å². The first-order valence-corrected chi connectivity index (χ1v) is 11.2. The Hall–Kier alpha value is -3.02. The number of hydrogen-bond acceptors (Lipinski definition) is 5. The van der Waals surface area contributed by atoms with E-state index in [0.717, 1.165) is 47.4 Å². The zero-order valence-corrected chi connectivity index (χ0v) is 17.8. The summed E-state index contributed by atoms with van der Waals surface area (Å²) < 4.78 is 17.7. The number of para-hydroxylation sites is 2. The van der Waals surface area contributed by atoms with Gasteiger partial charge in [0, 0.05) is 24.8 Å². The third-order valence-electron chi connectivity index (χ3n) is 6.48. The first kappa shape index (κ1) is 19.9. The second-order valence-electron chi connectivity index (χ2n) is 8.59. The quantitative estimate of drug-likeness (QED) is 0.630. The number of nitrogens with zero attached hydrogens (tertiary/aromatic N) is 1. The molecule has 1 amide bonds. The number of ether oxygens (including phenoxy) is 2. The topological polar surface area (TPSA) is 73.6 Å². The summed E-state index contributed by atoms with van der Waals surface area (Å²) in [5.41, 5.74) is 2.75. The minimum Gasteiger partial charge on any atom is -0.493 e. The monoisotopic (exact) mass is 420 g/mol. The number of aromatic nitrogens is 1. The zero-order chi connectivity index (χ0) is 21.2. The Morgan fingerprint density at radius 2 is 1.97 bits per heavy atom. The highest BCUT2D eigenvalue weighted by molar-refractivity contribution is 5.80. The van der Waals surface area contributed by atoms with E-state index in [4.69, 9.17) is 13.9 Å². The summed E-state index contributed by atoms with van der Waals surface area (Å²) in [6.07, 6.45) is 6.15. The van der Waals surface area contributed by atoms with Crippen LogP contribution in [0.4, 0.5) is 0 Å². The molecule has 0 spiro atoms. The second kappa shape index (κ2) is 8.61. The summed E-state index contributed by atoms with van der Waals surface area (Å²) in [7, 11) is 1.67. The number of rotatable bonds is 6. The summed E-state index contributed by atoms with van der Waals surface area (Å²) in [6, 6.07) is 13.8. The number of piperidine rings is 1. The lowest BCUT2D eigenvalue weighted by Gasteiger charge is -2.29. The van der Waals surface area contributed by atoms with Gasteiger partial charge in [-0.05, 0) is 61.9 Å². The van der Waals surface area contributed by atoms with Crippen molar-refractivity contribution in [2.45, 2.75) is 50.5 Å². The molecular formula is C25H28N2O4. The van der Waals surface area contributed by atoms with Gasteiger partial charge in [-0.1, -0.05) is 18.2 Å². The van der Waals surface area contributed by atoms with E-state index in [-0.39, 0.29) is 23.8 Å². The van der Waals surface area contributed by atoms with Gasteiger partial charge in [-0.25, -0.2) is 4.98 Å². The minimum absolute atomic E-state index is 0.0643. The van der Waals surface area contributed by atoms with E-state index in [9.17, 15) is 4.79 Å². The lowest BCUT2D eigenvalue weighted by atomic mass is 9.83. The normalized spacial score (nSPS) is 21.9. The molecule has 2 heterocycles. The predicted octanol–water partition coefficient (Wildman–Crippen LogP) is 4.62. The molecule has 5 rings (SSSR count). The number of benzene rings is 2. The first-order chi connectivity index (χ1) is 15.2. The molecule has 2 aromatic carbocycles. The number of nitrogens with one attached hydrogen (secondary N) is 1. The lowest BCUT2D eigenvalue weighted by Crippen LogP contribution is -2.41. The van der Waals surface area contributed by atoms with Crippen molar-refractivity contribution >= 4 is 17.0 Å². The molecule has 0 unspecified atom stereocenters. The van der Waals surface area contributed by atoms with Crippen molar-refractivity contribution in [2.24, 2.45) is 5.92 Å². The van der Waals surface area contributed by atoms with E-state index in [1.54, 1.807) is 7.11 Å². The van der Waals surface area contributed by atoms with Crippen LogP contribution in [0.2, 0.25) is 0 Å². The van der Waals surface area contributed by atoms with E-state index in [1.165, 1.54) is 12.8 Å². The Bertz CT molecular complexity index is 1040. The molecule has 3 aromatic rings. The molecule has 1 aromatic heterocycles. The van der Waals surface area contributed by atoms with Crippen LogP contribution in [-0.4, -0.2) is 30.6 Å². The second-order valence-corrected chi connectivity index (χ2v) is 8.59. The van der Waals surface area contributed by atoms with Crippen molar-refractivity contribution in [3.8, 4) is 11.5 Å². The highest BCUT2D eigenvalue weighted by Gasteiger charge is 2.31. The van der Waals surface area contributed by atoms with Crippen LogP contribution in [0.5, 0.6) is 11.5 Å². The molecular weight excluding hydrogens is 392 g/mol. The van der Waals surface area contributed by atoms with Crippen LogP contribution in [0.1, 0.15) is 49.5 Å². The SMILES string of the molecule is COc1ccc([C@H]2CNC(=O)[C@H](Cc3nc4ccccc4o3)C2)cc1OC1CCCC1. The van der Waals surface area contributed by atoms with Crippen molar-refractivity contribution in [1.29, 1.82) is 0 Å². The fourth-order valence-corrected chi connectivity index (χ4v) is 4.78. The fourth-order valence-electron chi connectivity index (χ4n) is 4.78. The van der Waals surface area contributed by atoms with Gasteiger partial charge in [0.1, 0.15) is 5.52 Å². The fraction of sp³-hybridized carbons (Fsp3) is 0.440. The smallest absolute Gasteiger partial charge is 0.223 e. The molecule has 2 atom stereocenters. The molecule has 6 nitrogen and oxygen atoms in total. The summed E-state index contributed by atoms with van der Waals surface area (Å²) in [5.74, 6) is 2.28. The van der Waals surface area contributed by atoms with Gasteiger partial charge in [0.2, 0.25) is 5.91 Å². The molecule has 0 bridgehead atoms. The van der Waals surface area contributed by atoms with Crippen LogP contribution >= 0.6 is 0 Å². The van der Waals surface area contributed by atoms with E-state index in [0.29, 0.717) is 18.9 Å². The maximum atomic E-state index is 12.6.